The Morgan fingerprint density at radius 3 is 2.05 bits per heavy atom. The summed E-state index contributed by atoms with van der Waals surface area (Å²) in [5, 5.41) is 18.5. The molecule has 0 aromatic heterocycles. The van der Waals surface area contributed by atoms with Gasteiger partial charge in [-0.05, 0) is 31.2 Å². The van der Waals surface area contributed by atoms with Crippen LogP contribution in [0.15, 0.2) is 30.3 Å². The summed E-state index contributed by atoms with van der Waals surface area (Å²) < 4.78 is 0. The van der Waals surface area contributed by atoms with E-state index in [2.05, 4.69) is 29.2 Å². The predicted molar refractivity (Wildman–Crippen MR) is 76.8 cm³/mol. The van der Waals surface area contributed by atoms with Crippen LogP contribution in [-0.2, 0) is 6.54 Å². The first-order chi connectivity index (χ1) is 9.35. The molecule has 0 spiro atoms. The average molecular weight is 263 g/mol. The summed E-state index contributed by atoms with van der Waals surface area (Å²) in [4.78, 5) is 2.49. The van der Waals surface area contributed by atoms with Gasteiger partial charge in [0, 0.05) is 31.8 Å². The van der Waals surface area contributed by atoms with Crippen molar-refractivity contribution in [3.63, 3.8) is 0 Å². The molecule has 1 aliphatic rings. The number of benzene rings is 1. The predicted octanol–water partition coefficient (Wildman–Crippen LogP) is 2.17. The fourth-order valence-corrected chi connectivity index (χ4v) is 3.19. The number of hydrogen-bond acceptors (Lipinski definition) is 3. The second-order valence-electron chi connectivity index (χ2n) is 5.42. The maximum atomic E-state index is 9.24. The Hall–Kier alpha value is -0.900. The molecule has 1 fully saturated rings. The van der Waals surface area contributed by atoms with Crippen molar-refractivity contribution in [1.29, 1.82) is 0 Å². The van der Waals surface area contributed by atoms with E-state index in [-0.39, 0.29) is 13.2 Å². The molecule has 1 aliphatic heterocycles. The highest BCUT2D eigenvalue weighted by molar-refractivity contribution is 5.15. The van der Waals surface area contributed by atoms with Crippen molar-refractivity contribution in [3.05, 3.63) is 35.9 Å². The molecule has 1 aromatic carbocycles. The van der Waals surface area contributed by atoms with Crippen LogP contribution < -0.4 is 0 Å². The Bertz CT molecular complexity index is 337. The molecular formula is C16H25NO2. The largest absolute Gasteiger partial charge is 0.396 e. The van der Waals surface area contributed by atoms with E-state index in [1.807, 2.05) is 6.07 Å². The van der Waals surface area contributed by atoms with Gasteiger partial charge in [0.05, 0.1) is 0 Å². The Morgan fingerprint density at radius 2 is 1.53 bits per heavy atom. The SMILES string of the molecule is OCC[C@@H]1CCC[C@@H](CCO)N1Cc1ccccc1. The van der Waals surface area contributed by atoms with Crippen molar-refractivity contribution in [2.45, 2.75) is 50.7 Å². The van der Waals surface area contributed by atoms with Crippen LogP contribution in [0.25, 0.3) is 0 Å². The Labute approximate surface area is 115 Å². The van der Waals surface area contributed by atoms with Gasteiger partial charge in [-0.2, -0.15) is 0 Å². The number of aliphatic hydroxyl groups excluding tert-OH is 2. The highest BCUT2D eigenvalue weighted by Crippen LogP contribution is 2.28. The fraction of sp³-hybridized carbons (Fsp3) is 0.625. The van der Waals surface area contributed by atoms with E-state index in [9.17, 15) is 10.2 Å². The summed E-state index contributed by atoms with van der Waals surface area (Å²) in [5.41, 5.74) is 1.32. The first kappa shape index (κ1) is 14.5. The van der Waals surface area contributed by atoms with E-state index >= 15 is 0 Å². The summed E-state index contributed by atoms with van der Waals surface area (Å²) in [6, 6.07) is 11.4. The topological polar surface area (TPSA) is 43.7 Å². The number of hydrogen-bond donors (Lipinski definition) is 2. The van der Waals surface area contributed by atoms with Crippen molar-refractivity contribution < 1.29 is 10.2 Å². The van der Waals surface area contributed by atoms with Crippen LogP contribution in [0, 0.1) is 0 Å². The molecule has 0 aliphatic carbocycles. The Balaban J connectivity index is 2.08. The van der Waals surface area contributed by atoms with Gasteiger partial charge in [0.15, 0.2) is 0 Å². The lowest BCUT2D eigenvalue weighted by molar-refractivity contribution is 0.0447. The Morgan fingerprint density at radius 1 is 0.947 bits per heavy atom. The first-order valence-corrected chi connectivity index (χ1v) is 7.36. The van der Waals surface area contributed by atoms with Crippen molar-refractivity contribution in [3.8, 4) is 0 Å². The van der Waals surface area contributed by atoms with Crippen molar-refractivity contribution >= 4 is 0 Å². The smallest absolute Gasteiger partial charge is 0.0445 e. The maximum absolute atomic E-state index is 9.24. The molecule has 0 amide bonds. The van der Waals surface area contributed by atoms with Crippen molar-refractivity contribution in [2.75, 3.05) is 13.2 Å². The zero-order valence-corrected chi connectivity index (χ0v) is 11.5. The molecule has 0 saturated carbocycles. The number of rotatable bonds is 6. The molecule has 3 nitrogen and oxygen atoms in total. The van der Waals surface area contributed by atoms with E-state index in [1.54, 1.807) is 0 Å². The molecule has 3 heteroatoms. The van der Waals surface area contributed by atoms with Crippen LogP contribution in [0.1, 0.15) is 37.7 Å². The fourth-order valence-electron chi connectivity index (χ4n) is 3.19. The third-order valence-corrected chi connectivity index (χ3v) is 4.15. The minimum atomic E-state index is 0.252. The second-order valence-corrected chi connectivity index (χ2v) is 5.42. The van der Waals surface area contributed by atoms with Crippen LogP contribution in [0.3, 0.4) is 0 Å². The zero-order valence-electron chi connectivity index (χ0n) is 11.5. The molecule has 1 heterocycles. The lowest BCUT2D eigenvalue weighted by atomic mass is 9.91. The first-order valence-electron chi connectivity index (χ1n) is 7.36. The van der Waals surface area contributed by atoms with Crippen LogP contribution in [0.2, 0.25) is 0 Å². The molecule has 0 radical (unpaired) electrons. The van der Waals surface area contributed by atoms with Crippen LogP contribution in [0.5, 0.6) is 0 Å². The summed E-state index contributed by atoms with van der Waals surface area (Å²) in [7, 11) is 0. The summed E-state index contributed by atoms with van der Waals surface area (Å²) in [5.74, 6) is 0. The molecule has 0 bridgehead atoms. The average Bonchev–Trinajstić information content (AvgIpc) is 2.44. The van der Waals surface area contributed by atoms with Crippen LogP contribution >= 0.6 is 0 Å². The van der Waals surface area contributed by atoms with Gasteiger partial charge >= 0.3 is 0 Å². The van der Waals surface area contributed by atoms with Crippen molar-refractivity contribution in [2.24, 2.45) is 0 Å². The molecule has 2 atom stereocenters. The van der Waals surface area contributed by atoms with Gasteiger partial charge in [-0.25, -0.2) is 0 Å². The van der Waals surface area contributed by atoms with E-state index in [0.29, 0.717) is 12.1 Å². The van der Waals surface area contributed by atoms with Gasteiger partial charge in [0.25, 0.3) is 0 Å². The molecule has 19 heavy (non-hydrogen) atoms. The lowest BCUT2D eigenvalue weighted by Gasteiger charge is -2.42. The summed E-state index contributed by atoms with van der Waals surface area (Å²) in [6.07, 6.45) is 5.22. The normalized spacial score (nSPS) is 24.5. The van der Waals surface area contributed by atoms with Gasteiger partial charge in [0.2, 0.25) is 0 Å². The molecule has 0 unspecified atom stereocenters. The molecule has 1 saturated heterocycles. The van der Waals surface area contributed by atoms with Crippen LogP contribution in [0.4, 0.5) is 0 Å². The summed E-state index contributed by atoms with van der Waals surface area (Å²) >= 11 is 0. The van der Waals surface area contributed by atoms with E-state index in [4.69, 9.17) is 0 Å². The van der Waals surface area contributed by atoms with E-state index in [1.165, 1.54) is 12.0 Å². The second kappa shape index (κ2) is 7.63. The monoisotopic (exact) mass is 263 g/mol. The molecular weight excluding hydrogens is 238 g/mol. The molecule has 2 rings (SSSR count). The van der Waals surface area contributed by atoms with Gasteiger partial charge in [-0.3, -0.25) is 4.90 Å². The number of likely N-dealkylation sites (tertiary alicyclic amines) is 1. The molecule has 2 N–H and O–H groups in total. The highest BCUT2D eigenvalue weighted by atomic mass is 16.3. The standard InChI is InChI=1S/C16H25NO2/c18-11-9-15-7-4-8-16(10-12-19)17(15)13-14-5-2-1-3-6-14/h1-3,5-6,15-16,18-19H,4,7-13H2/t15-,16-/m0/s1. The van der Waals surface area contributed by atoms with Gasteiger partial charge in [-0.1, -0.05) is 36.8 Å². The zero-order chi connectivity index (χ0) is 13.5. The third kappa shape index (κ3) is 4.03. The van der Waals surface area contributed by atoms with Crippen LogP contribution in [-0.4, -0.2) is 40.4 Å². The quantitative estimate of drug-likeness (QED) is 0.826. The maximum Gasteiger partial charge on any atom is 0.0445 e. The Kier molecular flexibility index (Phi) is 5.83. The highest BCUT2D eigenvalue weighted by Gasteiger charge is 2.29. The lowest BCUT2D eigenvalue weighted by Crippen LogP contribution is -2.46. The van der Waals surface area contributed by atoms with E-state index < -0.39 is 0 Å². The van der Waals surface area contributed by atoms with Crippen molar-refractivity contribution in [1.82, 2.24) is 4.90 Å². The third-order valence-electron chi connectivity index (χ3n) is 4.15. The molecule has 106 valence electrons. The number of piperidine rings is 1. The number of aliphatic hydroxyl groups is 2. The molecule has 1 aromatic rings. The van der Waals surface area contributed by atoms with Gasteiger partial charge < -0.3 is 10.2 Å². The minimum absolute atomic E-state index is 0.252. The van der Waals surface area contributed by atoms with Gasteiger partial charge in [-0.15, -0.1) is 0 Å². The van der Waals surface area contributed by atoms with Gasteiger partial charge in [0.1, 0.15) is 0 Å². The minimum Gasteiger partial charge on any atom is -0.396 e. The summed E-state index contributed by atoms with van der Waals surface area (Å²) in [6.45, 7) is 1.43. The number of nitrogens with zero attached hydrogens (tertiary/aromatic N) is 1. The van der Waals surface area contributed by atoms with E-state index in [0.717, 1.165) is 32.2 Å².